The molecule has 1 aliphatic heterocycles. The lowest BCUT2D eigenvalue weighted by molar-refractivity contribution is 0.592. The third-order valence-corrected chi connectivity index (χ3v) is 2.98. The number of nitriles is 1. The molecule has 1 saturated heterocycles. The van der Waals surface area contributed by atoms with E-state index in [0.29, 0.717) is 5.56 Å². The molecule has 0 spiro atoms. The Morgan fingerprint density at radius 2 is 2.25 bits per heavy atom. The van der Waals surface area contributed by atoms with Crippen molar-refractivity contribution in [2.75, 3.05) is 11.4 Å². The van der Waals surface area contributed by atoms with Gasteiger partial charge in [0, 0.05) is 12.7 Å². The van der Waals surface area contributed by atoms with Crippen LogP contribution in [0.3, 0.4) is 0 Å². The maximum atomic E-state index is 8.84. The molecule has 0 amide bonds. The van der Waals surface area contributed by atoms with E-state index in [1.807, 2.05) is 6.07 Å². The van der Waals surface area contributed by atoms with Gasteiger partial charge in [-0.25, -0.2) is 0 Å². The van der Waals surface area contributed by atoms with Crippen LogP contribution in [-0.2, 0) is 0 Å². The molecule has 2 N–H and O–H groups in total. The molecule has 0 aliphatic carbocycles. The number of hydrogen-bond acceptors (Lipinski definition) is 4. The van der Waals surface area contributed by atoms with Gasteiger partial charge in [0.15, 0.2) is 0 Å². The molecule has 1 aliphatic rings. The predicted octanol–water partition coefficient (Wildman–Crippen LogP) is 1.62. The van der Waals surface area contributed by atoms with Crippen LogP contribution in [-0.4, -0.2) is 17.7 Å². The zero-order chi connectivity index (χ0) is 11.4. The second kappa shape index (κ2) is 4.95. The first-order chi connectivity index (χ1) is 7.81. The lowest BCUT2D eigenvalue weighted by Gasteiger charge is -2.28. The number of pyridine rings is 1. The Labute approximate surface area is 95.7 Å². The van der Waals surface area contributed by atoms with Gasteiger partial charge in [-0.15, -0.1) is 0 Å². The van der Waals surface area contributed by atoms with Crippen LogP contribution in [0.25, 0.3) is 0 Å². The molecule has 4 heteroatoms. The van der Waals surface area contributed by atoms with E-state index in [1.54, 1.807) is 12.4 Å². The molecule has 1 fully saturated rings. The smallest absolute Gasteiger partial charge is 0.101 e. The van der Waals surface area contributed by atoms with Crippen molar-refractivity contribution in [3.8, 4) is 6.07 Å². The summed E-state index contributed by atoms with van der Waals surface area (Å²) >= 11 is 0. The van der Waals surface area contributed by atoms with E-state index in [4.69, 9.17) is 11.0 Å². The monoisotopic (exact) mass is 216 g/mol. The Balaban J connectivity index is 2.24. The summed E-state index contributed by atoms with van der Waals surface area (Å²) in [6.45, 7) is 0.956. The molecule has 1 aromatic rings. The average molecular weight is 216 g/mol. The summed E-state index contributed by atoms with van der Waals surface area (Å²) in [7, 11) is 0. The SMILES string of the molecule is N#Cc1cncc(N2CCCCCC2N)c1. The van der Waals surface area contributed by atoms with Crippen LogP contribution in [0, 0.1) is 11.3 Å². The number of nitrogens with two attached hydrogens (primary N) is 1. The summed E-state index contributed by atoms with van der Waals surface area (Å²) in [5.41, 5.74) is 7.68. The van der Waals surface area contributed by atoms with E-state index in [9.17, 15) is 0 Å². The van der Waals surface area contributed by atoms with Crippen LogP contribution in [0.4, 0.5) is 5.69 Å². The van der Waals surface area contributed by atoms with Gasteiger partial charge in [-0.05, 0) is 25.3 Å². The first-order valence-corrected chi connectivity index (χ1v) is 5.68. The first-order valence-electron chi connectivity index (χ1n) is 5.68. The predicted molar refractivity (Wildman–Crippen MR) is 62.7 cm³/mol. The standard InChI is InChI=1S/C12H16N4/c13-7-10-6-11(9-15-8-10)16-5-3-1-2-4-12(16)14/h6,8-9,12H,1-5,14H2. The zero-order valence-corrected chi connectivity index (χ0v) is 9.26. The highest BCUT2D eigenvalue weighted by Gasteiger charge is 2.17. The van der Waals surface area contributed by atoms with E-state index in [-0.39, 0.29) is 6.17 Å². The number of rotatable bonds is 1. The minimum atomic E-state index is 0.0539. The van der Waals surface area contributed by atoms with Crippen molar-refractivity contribution in [1.82, 2.24) is 4.98 Å². The Bertz CT molecular complexity index is 396. The molecule has 0 bridgehead atoms. The Morgan fingerprint density at radius 3 is 3.06 bits per heavy atom. The van der Waals surface area contributed by atoms with Gasteiger partial charge >= 0.3 is 0 Å². The van der Waals surface area contributed by atoms with Gasteiger partial charge in [0.25, 0.3) is 0 Å². The van der Waals surface area contributed by atoms with Crippen molar-refractivity contribution >= 4 is 5.69 Å². The molecule has 0 aromatic carbocycles. The number of nitrogens with zero attached hydrogens (tertiary/aromatic N) is 3. The van der Waals surface area contributed by atoms with Gasteiger partial charge in [-0.1, -0.05) is 6.42 Å². The van der Waals surface area contributed by atoms with Crippen molar-refractivity contribution in [2.24, 2.45) is 5.73 Å². The van der Waals surface area contributed by atoms with E-state index in [1.165, 1.54) is 12.8 Å². The highest BCUT2D eigenvalue weighted by Crippen LogP contribution is 2.21. The molecular weight excluding hydrogens is 200 g/mol. The van der Waals surface area contributed by atoms with Crippen molar-refractivity contribution in [3.63, 3.8) is 0 Å². The van der Waals surface area contributed by atoms with E-state index in [2.05, 4.69) is 16.0 Å². The molecular formula is C12H16N4. The Morgan fingerprint density at radius 1 is 1.38 bits per heavy atom. The molecule has 1 unspecified atom stereocenters. The highest BCUT2D eigenvalue weighted by molar-refractivity contribution is 5.49. The fourth-order valence-corrected chi connectivity index (χ4v) is 2.10. The summed E-state index contributed by atoms with van der Waals surface area (Å²) < 4.78 is 0. The van der Waals surface area contributed by atoms with Crippen LogP contribution >= 0.6 is 0 Å². The molecule has 2 heterocycles. The fourth-order valence-electron chi connectivity index (χ4n) is 2.10. The van der Waals surface area contributed by atoms with Gasteiger partial charge < -0.3 is 10.6 Å². The first kappa shape index (κ1) is 10.9. The topological polar surface area (TPSA) is 65.9 Å². The van der Waals surface area contributed by atoms with Crippen molar-refractivity contribution in [1.29, 1.82) is 5.26 Å². The van der Waals surface area contributed by atoms with Gasteiger partial charge in [-0.2, -0.15) is 5.26 Å². The van der Waals surface area contributed by atoms with Gasteiger partial charge in [0.2, 0.25) is 0 Å². The second-order valence-corrected chi connectivity index (χ2v) is 4.15. The largest absolute Gasteiger partial charge is 0.355 e. The lowest BCUT2D eigenvalue weighted by atomic mass is 10.2. The number of anilines is 1. The lowest BCUT2D eigenvalue weighted by Crippen LogP contribution is -2.41. The molecule has 4 nitrogen and oxygen atoms in total. The summed E-state index contributed by atoms with van der Waals surface area (Å²) in [6.07, 6.45) is 8.00. The van der Waals surface area contributed by atoms with Crippen molar-refractivity contribution in [2.45, 2.75) is 31.8 Å². The van der Waals surface area contributed by atoms with Gasteiger partial charge in [0.05, 0.1) is 23.6 Å². The fraction of sp³-hybridized carbons (Fsp3) is 0.500. The van der Waals surface area contributed by atoms with Crippen molar-refractivity contribution in [3.05, 3.63) is 24.0 Å². The highest BCUT2D eigenvalue weighted by atomic mass is 15.2. The van der Waals surface area contributed by atoms with Crippen LogP contribution < -0.4 is 10.6 Å². The van der Waals surface area contributed by atoms with E-state index in [0.717, 1.165) is 25.1 Å². The van der Waals surface area contributed by atoms with Crippen LogP contribution in [0.5, 0.6) is 0 Å². The van der Waals surface area contributed by atoms with Crippen LogP contribution in [0.15, 0.2) is 18.5 Å². The summed E-state index contributed by atoms with van der Waals surface area (Å²) in [4.78, 5) is 6.23. The molecule has 1 atom stereocenters. The normalized spacial score (nSPS) is 21.2. The molecule has 1 aromatic heterocycles. The quantitative estimate of drug-likeness (QED) is 0.774. The summed E-state index contributed by atoms with van der Waals surface area (Å²) in [5, 5.41) is 8.84. The molecule has 84 valence electrons. The average Bonchev–Trinajstić information content (AvgIpc) is 2.54. The second-order valence-electron chi connectivity index (χ2n) is 4.15. The van der Waals surface area contributed by atoms with Crippen LogP contribution in [0.1, 0.15) is 31.2 Å². The summed E-state index contributed by atoms with van der Waals surface area (Å²) in [6, 6.07) is 3.97. The van der Waals surface area contributed by atoms with Gasteiger partial charge in [-0.3, -0.25) is 4.98 Å². The third kappa shape index (κ3) is 2.31. The minimum Gasteiger partial charge on any atom is -0.355 e. The molecule has 16 heavy (non-hydrogen) atoms. The van der Waals surface area contributed by atoms with Gasteiger partial charge in [0.1, 0.15) is 6.07 Å². The van der Waals surface area contributed by atoms with E-state index >= 15 is 0 Å². The number of hydrogen-bond donors (Lipinski definition) is 1. The number of aromatic nitrogens is 1. The maximum Gasteiger partial charge on any atom is 0.101 e. The zero-order valence-electron chi connectivity index (χ0n) is 9.26. The molecule has 0 radical (unpaired) electrons. The Hall–Kier alpha value is -1.60. The Kier molecular flexibility index (Phi) is 3.37. The molecule has 0 saturated carbocycles. The van der Waals surface area contributed by atoms with E-state index < -0.39 is 0 Å². The minimum absolute atomic E-state index is 0.0539. The van der Waals surface area contributed by atoms with Crippen molar-refractivity contribution < 1.29 is 0 Å². The third-order valence-electron chi connectivity index (χ3n) is 2.98. The maximum absolute atomic E-state index is 8.84. The molecule has 2 rings (SSSR count). The van der Waals surface area contributed by atoms with Crippen LogP contribution in [0.2, 0.25) is 0 Å². The summed E-state index contributed by atoms with van der Waals surface area (Å²) in [5.74, 6) is 0.